The standard InChI is InChI=1S/C10H18N2O/c1-4-9(7-11)12-10(13)6-5-8(2)3/h8-9H,4-6H2,1-3H3,(H,12,13). The highest BCUT2D eigenvalue weighted by Crippen LogP contribution is 2.03. The Morgan fingerprint density at radius 2 is 2.15 bits per heavy atom. The lowest BCUT2D eigenvalue weighted by atomic mass is 10.1. The van der Waals surface area contributed by atoms with E-state index < -0.39 is 0 Å². The third-order valence-corrected chi connectivity index (χ3v) is 1.85. The summed E-state index contributed by atoms with van der Waals surface area (Å²) < 4.78 is 0. The highest BCUT2D eigenvalue weighted by Gasteiger charge is 2.08. The van der Waals surface area contributed by atoms with Crippen molar-refractivity contribution in [2.45, 2.75) is 46.1 Å². The van der Waals surface area contributed by atoms with E-state index in [1.54, 1.807) is 0 Å². The Morgan fingerprint density at radius 1 is 1.54 bits per heavy atom. The molecule has 0 spiro atoms. The van der Waals surface area contributed by atoms with Gasteiger partial charge in [-0.1, -0.05) is 20.8 Å². The summed E-state index contributed by atoms with van der Waals surface area (Å²) in [7, 11) is 0. The number of rotatable bonds is 5. The van der Waals surface area contributed by atoms with Crippen LogP contribution in [-0.2, 0) is 4.79 Å². The molecule has 13 heavy (non-hydrogen) atoms. The van der Waals surface area contributed by atoms with Crippen LogP contribution < -0.4 is 5.32 Å². The first-order chi connectivity index (χ1) is 6.10. The zero-order valence-electron chi connectivity index (χ0n) is 8.63. The number of nitriles is 1. The fraction of sp³-hybridized carbons (Fsp3) is 0.800. The zero-order valence-corrected chi connectivity index (χ0v) is 8.63. The minimum atomic E-state index is -0.320. The Bertz CT molecular complexity index is 194. The molecular formula is C10H18N2O. The van der Waals surface area contributed by atoms with E-state index in [0.29, 0.717) is 18.8 Å². The number of amides is 1. The van der Waals surface area contributed by atoms with Crippen LogP contribution in [0.15, 0.2) is 0 Å². The lowest BCUT2D eigenvalue weighted by Crippen LogP contribution is -2.33. The average Bonchev–Trinajstić information content (AvgIpc) is 2.10. The molecule has 74 valence electrons. The zero-order chi connectivity index (χ0) is 10.3. The van der Waals surface area contributed by atoms with Crippen LogP contribution in [0.25, 0.3) is 0 Å². The number of nitrogens with zero attached hydrogens (tertiary/aromatic N) is 1. The van der Waals surface area contributed by atoms with Crippen LogP contribution in [0, 0.1) is 17.2 Å². The first-order valence-corrected chi connectivity index (χ1v) is 4.79. The molecule has 0 aromatic rings. The molecule has 3 heteroatoms. The van der Waals surface area contributed by atoms with Gasteiger partial charge in [-0.2, -0.15) is 5.26 Å². The molecular weight excluding hydrogens is 164 g/mol. The van der Waals surface area contributed by atoms with Crippen LogP contribution in [0.5, 0.6) is 0 Å². The van der Waals surface area contributed by atoms with Gasteiger partial charge >= 0.3 is 0 Å². The van der Waals surface area contributed by atoms with Crippen molar-refractivity contribution in [1.82, 2.24) is 5.32 Å². The van der Waals surface area contributed by atoms with Crippen molar-refractivity contribution in [3.05, 3.63) is 0 Å². The topological polar surface area (TPSA) is 52.9 Å². The molecule has 0 aliphatic rings. The Labute approximate surface area is 80.1 Å². The lowest BCUT2D eigenvalue weighted by Gasteiger charge is -2.09. The molecule has 0 rings (SSSR count). The molecule has 1 amide bonds. The molecule has 0 radical (unpaired) electrons. The van der Waals surface area contributed by atoms with Gasteiger partial charge in [-0.3, -0.25) is 4.79 Å². The van der Waals surface area contributed by atoms with E-state index in [4.69, 9.17) is 5.26 Å². The Hall–Kier alpha value is -1.04. The summed E-state index contributed by atoms with van der Waals surface area (Å²) in [6.07, 6.45) is 2.08. The first-order valence-electron chi connectivity index (χ1n) is 4.79. The van der Waals surface area contributed by atoms with Gasteiger partial charge in [0.05, 0.1) is 6.07 Å². The van der Waals surface area contributed by atoms with Crippen LogP contribution in [0.4, 0.5) is 0 Å². The average molecular weight is 182 g/mol. The van der Waals surface area contributed by atoms with E-state index in [0.717, 1.165) is 6.42 Å². The second-order valence-corrected chi connectivity index (χ2v) is 3.59. The second kappa shape index (κ2) is 6.47. The fourth-order valence-corrected chi connectivity index (χ4v) is 0.912. The highest BCUT2D eigenvalue weighted by atomic mass is 16.1. The van der Waals surface area contributed by atoms with E-state index in [-0.39, 0.29) is 11.9 Å². The Morgan fingerprint density at radius 3 is 2.54 bits per heavy atom. The van der Waals surface area contributed by atoms with Gasteiger partial charge in [0.25, 0.3) is 0 Å². The number of hydrogen-bond acceptors (Lipinski definition) is 2. The van der Waals surface area contributed by atoms with Gasteiger partial charge in [0.1, 0.15) is 6.04 Å². The van der Waals surface area contributed by atoms with Crippen molar-refractivity contribution in [1.29, 1.82) is 5.26 Å². The van der Waals surface area contributed by atoms with Gasteiger partial charge in [-0.25, -0.2) is 0 Å². The van der Waals surface area contributed by atoms with Crippen LogP contribution in [-0.4, -0.2) is 11.9 Å². The monoisotopic (exact) mass is 182 g/mol. The van der Waals surface area contributed by atoms with Crippen molar-refractivity contribution in [2.75, 3.05) is 0 Å². The van der Waals surface area contributed by atoms with E-state index in [2.05, 4.69) is 19.2 Å². The molecule has 0 aromatic carbocycles. The highest BCUT2D eigenvalue weighted by molar-refractivity contribution is 5.76. The van der Waals surface area contributed by atoms with Crippen molar-refractivity contribution in [2.24, 2.45) is 5.92 Å². The normalized spacial score (nSPS) is 12.2. The smallest absolute Gasteiger partial charge is 0.221 e. The molecule has 0 aliphatic heterocycles. The predicted octanol–water partition coefficient (Wildman–Crippen LogP) is 1.84. The minimum Gasteiger partial charge on any atom is -0.340 e. The summed E-state index contributed by atoms with van der Waals surface area (Å²) in [4.78, 5) is 11.2. The molecule has 0 aliphatic carbocycles. The third kappa shape index (κ3) is 6.15. The van der Waals surface area contributed by atoms with E-state index in [1.165, 1.54) is 0 Å². The third-order valence-electron chi connectivity index (χ3n) is 1.85. The van der Waals surface area contributed by atoms with Crippen LogP contribution >= 0.6 is 0 Å². The van der Waals surface area contributed by atoms with Crippen molar-refractivity contribution < 1.29 is 4.79 Å². The largest absolute Gasteiger partial charge is 0.340 e. The van der Waals surface area contributed by atoms with Crippen molar-refractivity contribution >= 4 is 5.91 Å². The van der Waals surface area contributed by atoms with Crippen LogP contribution in [0.2, 0.25) is 0 Å². The maximum atomic E-state index is 11.2. The van der Waals surface area contributed by atoms with E-state index >= 15 is 0 Å². The van der Waals surface area contributed by atoms with Gasteiger partial charge in [0.2, 0.25) is 5.91 Å². The quantitative estimate of drug-likeness (QED) is 0.705. The van der Waals surface area contributed by atoms with E-state index in [9.17, 15) is 4.79 Å². The molecule has 1 N–H and O–H groups in total. The molecule has 0 saturated heterocycles. The number of nitrogens with one attached hydrogen (secondary N) is 1. The fourth-order valence-electron chi connectivity index (χ4n) is 0.912. The molecule has 0 heterocycles. The predicted molar refractivity (Wildman–Crippen MR) is 51.9 cm³/mol. The van der Waals surface area contributed by atoms with Crippen LogP contribution in [0.3, 0.4) is 0 Å². The molecule has 1 atom stereocenters. The Kier molecular flexibility index (Phi) is 5.96. The van der Waals surface area contributed by atoms with Crippen molar-refractivity contribution in [3.8, 4) is 6.07 Å². The SMILES string of the molecule is CCC(C#N)NC(=O)CCC(C)C. The van der Waals surface area contributed by atoms with Gasteiger partial charge in [-0.05, 0) is 18.8 Å². The summed E-state index contributed by atoms with van der Waals surface area (Å²) in [6.45, 7) is 6.04. The lowest BCUT2D eigenvalue weighted by molar-refractivity contribution is -0.121. The summed E-state index contributed by atoms with van der Waals surface area (Å²) in [5, 5.41) is 11.3. The maximum Gasteiger partial charge on any atom is 0.221 e. The molecule has 0 bridgehead atoms. The molecule has 0 saturated carbocycles. The van der Waals surface area contributed by atoms with Gasteiger partial charge < -0.3 is 5.32 Å². The summed E-state index contributed by atoms with van der Waals surface area (Å²) >= 11 is 0. The summed E-state index contributed by atoms with van der Waals surface area (Å²) in [5.74, 6) is 0.523. The van der Waals surface area contributed by atoms with E-state index in [1.807, 2.05) is 13.0 Å². The van der Waals surface area contributed by atoms with Gasteiger partial charge in [0.15, 0.2) is 0 Å². The summed E-state index contributed by atoms with van der Waals surface area (Å²) in [6, 6.07) is 1.72. The maximum absolute atomic E-state index is 11.2. The minimum absolute atomic E-state index is 0.0119. The molecule has 1 unspecified atom stereocenters. The Balaban J connectivity index is 3.68. The molecule has 0 fully saturated rings. The van der Waals surface area contributed by atoms with Gasteiger partial charge in [0, 0.05) is 6.42 Å². The number of hydrogen-bond donors (Lipinski definition) is 1. The van der Waals surface area contributed by atoms with Crippen LogP contribution in [0.1, 0.15) is 40.0 Å². The number of carbonyl (C=O) groups is 1. The second-order valence-electron chi connectivity index (χ2n) is 3.59. The summed E-state index contributed by atoms with van der Waals surface area (Å²) in [5.41, 5.74) is 0. The van der Waals surface area contributed by atoms with Gasteiger partial charge in [-0.15, -0.1) is 0 Å². The first kappa shape index (κ1) is 12.0. The number of carbonyl (C=O) groups excluding carboxylic acids is 1. The molecule has 0 aromatic heterocycles. The molecule has 3 nitrogen and oxygen atoms in total. The van der Waals surface area contributed by atoms with Crippen molar-refractivity contribution in [3.63, 3.8) is 0 Å².